The van der Waals surface area contributed by atoms with Crippen molar-refractivity contribution in [2.75, 3.05) is 0 Å². The molecule has 5 heteroatoms. The van der Waals surface area contributed by atoms with Crippen molar-refractivity contribution in [1.29, 1.82) is 0 Å². The minimum absolute atomic E-state index is 0.156. The Morgan fingerprint density at radius 1 is 1.41 bits per heavy atom. The van der Waals surface area contributed by atoms with E-state index >= 15 is 0 Å². The molecule has 1 heterocycles. The number of phenols is 2. The fraction of sp³-hybridized carbons (Fsp3) is 0.417. The van der Waals surface area contributed by atoms with Crippen LogP contribution in [0, 0.1) is 0 Å². The summed E-state index contributed by atoms with van der Waals surface area (Å²) in [5, 5.41) is 22.1. The summed E-state index contributed by atoms with van der Waals surface area (Å²) in [4.78, 5) is 11.3. The topological polar surface area (TPSA) is 95.6 Å². The third-order valence-corrected chi connectivity index (χ3v) is 3.18. The molecule has 1 aliphatic rings. The van der Waals surface area contributed by atoms with E-state index in [1.807, 2.05) is 13.8 Å². The van der Waals surface area contributed by atoms with Gasteiger partial charge in [-0.15, -0.1) is 0 Å². The number of carbonyl (C=O) groups is 1. The number of primary amides is 1. The van der Waals surface area contributed by atoms with Crippen LogP contribution in [0.1, 0.15) is 25.0 Å². The first kappa shape index (κ1) is 11.7. The summed E-state index contributed by atoms with van der Waals surface area (Å²) < 4.78 is 0. The second-order valence-corrected chi connectivity index (χ2v) is 4.93. The predicted octanol–water partition coefficient (Wildman–Crippen LogP) is 0.332. The average Bonchev–Trinajstić information content (AvgIpc) is 2.20. The summed E-state index contributed by atoms with van der Waals surface area (Å²) in [7, 11) is 0. The van der Waals surface area contributed by atoms with Crippen LogP contribution >= 0.6 is 0 Å². The van der Waals surface area contributed by atoms with Crippen LogP contribution in [-0.4, -0.2) is 22.2 Å². The molecular weight excluding hydrogens is 220 g/mol. The molecule has 1 amide bonds. The molecule has 1 atom stereocenters. The number of rotatable bonds is 1. The molecular formula is C12H16N2O3. The van der Waals surface area contributed by atoms with Crippen molar-refractivity contribution >= 4 is 5.91 Å². The van der Waals surface area contributed by atoms with E-state index in [1.165, 1.54) is 12.1 Å². The molecule has 0 aliphatic carbocycles. The lowest BCUT2D eigenvalue weighted by atomic mass is 9.82. The van der Waals surface area contributed by atoms with Crippen molar-refractivity contribution in [3.63, 3.8) is 0 Å². The zero-order chi connectivity index (χ0) is 12.8. The maximum absolute atomic E-state index is 11.3. The summed E-state index contributed by atoms with van der Waals surface area (Å²) in [6, 6.07) is 2.55. The summed E-state index contributed by atoms with van der Waals surface area (Å²) in [5.41, 5.74) is 6.52. The van der Waals surface area contributed by atoms with Crippen LogP contribution in [0.2, 0.25) is 0 Å². The van der Waals surface area contributed by atoms with Crippen molar-refractivity contribution in [2.24, 2.45) is 5.73 Å². The molecule has 0 bridgehead atoms. The van der Waals surface area contributed by atoms with Gasteiger partial charge in [0.25, 0.3) is 0 Å². The number of hydrogen-bond donors (Lipinski definition) is 4. The normalized spacial score (nSPS) is 21.9. The Labute approximate surface area is 99.3 Å². The van der Waals surface area contributed by atoms with Gasteiger partial charge in [-0.1, -0.05) is 0 Å². The number of hydrogen-bond acceptors (Lipinski definition) is 4. The maximum atomic E-state index is 11.3. The van der Waals surface area contributed by atoms with Gasteiger partial charge in [0.1, 0.15) is 0 Å². The molecule has 0 fully saturated rings. The Kier molecular flexibility index (Phi) is 2.50. The van der Waals surface area contributed by atoms with E-state index in [2.05, 4.69) is 5.32 Å². The van der Waals surface area contributed by atoms with Crippen molar-refractivity contribution < 1.29 is 15.0 Å². The molecule has 5 nitrogen and oxygen atoms in total. The zero-order valence-corrected chi connectivity index (χ0v) is 9.82. The molecule has 0 saturated carbocycles. The highest BCUT2D eigenvalue weighted by Gasteiger charge is 2.35. The number of nitrogens with one attached hydrogen (secondary N) is 1. The van der Waals surface area contributed by atoms with Crippen LogP contribution in [0.5, 0.6) is 11.5 Å². The van der Waals surface area contributed by atoms with Gasteiger partial charge in [-0.25, -0.2) is 0 Å². The fourth-order valence-corrected chi connectivity index (χ4v) is 2.33. The Bertz CT molecular complexity index is 483. The van der Waals surface area contributed by atoms with Crippen molar-refractivity contribution in [1.82, 2.24) is 5.32 Å². The monoisotopic (exact) mass is 236 g/mol. The molecule has 0 aromatic heterocycles. The number of carbonyl (C=O) groups excluding carboxylic acids is 1. The number of fused-ring (bicyclic) bond motifs is 1. The minimum atomic E-state index is -0.474. The second-order valence-electron chi connectivity index (χ2n) is 4.93. The van der Waals surface area contributed by atoms with Crippen molar-refractivity contribution in [3.8, 4) is 11.5 Å². The third kappa shape index (κ3) is 1.93. The Hall–Kier alpha value is -1.75. The lowest BCUT2D eigenvalue weighted by Crippen LogP contribution is -2.54. The number of nitrogens with two attached hydrogens (primary N) is 1. The molecule has 1 aromatic carbocycles. The van der Waals surface area contributed by atoms with Gasteiger partial charge in [0, 0.05) is 5.54 Å². The fourth-order valence-electron chi connectivity index (χ4n) is 2.33. The van der Waals surface area contributed by atoms with Crippen molar-refractivity contribution in [3.05, 3.63) is 23.3 Å². The van der Waals surface area contributed by atoms with Gasteiger partial charge in [-0.2, -0.15) is 0 Å². The van der Waals surface area contributed by atoms with Gasteiger partial charge in [-0.05, 0) is 43.5 Å². The van der Waals surface area contributed by atoms with Gasteiger partial charge in [-0.3, -0.25) is 10.1 Å². The lowest BCUT2D eigenvalue weighted by molar-refractivity contribution is -0.120. The van der Waals surface area contributed by atoms with Gasteiger partial charge in [0.05, 0.1) is 6.04 Å². The molecule has 92 valence electrons. The predicted molar refractivity (Wildman–Crippen MR) is 62.6 cm³/mol. The van der Waals surface area contributed by atoms with Gasteiger partial charge >= 0.3 is 0 Å². The highest BCUT2D eigenvalue weighted by Crippen LogP contribution is 2.37. The highest BCUT2D eigenvalue weighted by atomic mass is 16.3. The average molecular weight is 236 g/mol. The number of amides is 1. The molecule has 17 heavy (non-hydrogen) atoms. The maximum Gasteiger partial charge on any atom is 0.234 e. The van der Waals surface area contributed by atoms with E-state index in [1.54, 1.807) is 0 Å². The second kappa shape index (κ2) is 3.63. The quantitative estimate of drug-likeness (QED) is 0.528. The van der Waals surface area contributed by atoms with Gasteiger partial charge < -0.3 is 15.9 Å². The molecule has 2 rings (SSSR count). The summed E-state index contributed by atoms with van der Waals surface area (Å²) in [5.74, 6) is -0.753. The third-order valence-electron chi connectivity index (χ3n) is 3.18. The first-order chi connectivity index (χ1) is 7.81. The number of aromatic hydroxyl groups is 2. The Morgan fingerprint density at radius 2 is 2.00 bits per heavy atom. The number of benzene rings is 1. The van der Waals surface area contributed by atoms with Crippen LogP contribution in [-0.2, 0) is 16.8 Å². The molecule has 1 aromatic rings. The first-order valence-corrected chi connectivity index (χ1v) is 5.43. The van der Waals surface area contributed by atoms with Crippen LogP contribution in [0.4, 0.5) is 0 Å². The van der Waals surface area contributed by atoms with E-state index in [9.17, 15) is 15.0 Å². The van der Waals surface area contributed by atoms with Crippen LogP contribution in [0.25, 0.3) is 0 Å². The first-order valence-electron chi connectivity index (χ1n) is 5.43. The largest absolute Gasteiger partial charge is 0.504 e. The van der Waals surface area contributed by atoms with E-state index in [4.69, 9.17) is 5.73 Å². The Morgan fingerprint density at radius 3 is 2.59 bits per heavy atom. The van der Waals surface area contributed by atoms with Gasteiger partial charge in [0.2, 0.25) is 5.91 Å². The molecule has 0 radical (unpaired) electrons. The van der Waals surface area contributed by atoms with E-state index in [0.29, 0.717) is 6.42 Å². The Balaban J connectivity index is 2.52. The van der Waals surface area contributed by atoms with Gasteiger partial charge in [0.15, 0.2) is 11.5 Å². The SMILES string of the molecule is CC1(C)N[C@H](C(N)=O)Cc2cc(O)c(O)cc21. The number of phenolic OH excluding ortho intramolecular Hbond substituents is 2. The van der Waals surface area contributed by atoms with E-state index in [0.717, 1.165) is 11.1 Å². The van der Waals surface area contributed by atoms with Crippen LogP contribution in [0.3, 0.4) is 0 Å². The summed E-state index contributed by atoms with van der Waals surface area (Å²) in [6.45, 7) is 3.80. The molecule has 5 N–H and O–H groups in total. The summed E-state index contributed by atoms with van der Waals surface area (Å²) >= 11 is 0. The lowest BCUT2D eigenvalue weighted by Gasteiger charge is -2.38. The van der Waals surface area contributed by atoms with Crippen LogP contribution in [0.15, 0.2) is 12.1 Å². The van der Waals surface area contributed by atoms with E-state index < -0.39 is 17.5 Å². The zero-order valence-electron chi connectivity index (χ0n) is 9.82. The van der Waals surface area contributed by atoms with E-state index in [-0.39, 0.29) is 11.5 Å². The smallest absolute Gasteiger partial charge is 0.234 e. The highest BCUT2D eigenvalue weighted by molar-refractivity contribution is 5.81. The molecule has 0 unspecified atom stereocenters. The molecule has 1 aliphatic heterocycles. The standard InChI is InChI=1S/C12H16N2O3/c1-12(2)7-5-10(16)9(15)4-6(7)3-8(14-12)11(13)17/h4-5,8,14-16H,3H2,1-2H3,(H2,13,17)/t8-/m0/s1. The van der Waals surface area contributed by atoms with Crippen molar-refractivity contribution in [2.45, 2.75) is 31.8 Å². The minimum Gasteiger partial charge on any atom is -0.504 e. The molecule has 0 saturated heterocycles. The molecule has 0 spiro atoms. The van der Waals surface area contributed by atoms with Crippen LogP contribution < -0.4 is 11.1 Å². The summed E-state index contributed by atoms with van der Waals surface area (Å²) in [6.07, 6.45) is 0.419.